The number of carbonyl (C=O) groups is 2. The average Bonchev–Trinajstić information content (AvgIpc) is 2.54. The van der Waals surface area contributed by atoms with Gasteiger partial charge in [0.05, 0.1) is 18.4 Å². The van der Waals surface area contributed by atoms with Gasteiger partial charge in [0, 0.05) is 31.9 Å². The number of rotatable bonds is 3. The molecule has 1 heterocycles. The molecule has 0 radical (unpaired) electrons. The zero-order valence-corrected chi connectivity index (χ0v) is 14.8. The Morgan fingerprint density at radius 3 is 2.38 bits per heavy atom. The Kier molecular flexibility index (Phi) is 7.51. The number of ether oxygens (including phenoxy) is 2. The molecule has 0 spiro atoms. The number of hydrogen-bond donors (Lipinski definition) is 2. The maximum absolute atomic E-state index is 11.7. The van der Waals surface area contributed by atoms with Gasteiger partial charge in [0.25, 0.3) is 6.47 Å². The van der Waals surface area contributed by atoms with Crippen LogP contribution in [0.25, 0.3) is 0 Å². The van der Waals surface area contributed by atoms with E-state index in [1.165, 1.54) is 7.11 Å². The van der Waals surface area contributed by atoms with Gasteiger partial charge in [-0.15, -0.1) is 0 Å². The second-order valence-electron chi connectivity index (χ2n) is 6.33. The number of carbonyl (C=O) groups excluding carboxylic acids is 2. The van der Waals surface area contributed by atoms with Gasteiger partial charge in [0.2, 0.25) is 0 Å². The predicted octanol–water partition coefficient (Wildman–Crippen LogP) is 1.42. The molecule has 0 saturated carbocycles. The first-order chi connectivity index (χ1) is 11.3. The first-order valence-corrected chi connectivity index (χ1v) is 7.83. The number of methoxy groups -OCH3 is 1. The smallest absolute Gasteiger partial charge is 0.340 e. The monoisotopic (exact) mass is 337 g/mol. The van der Waals surface area contributed by atoms with Gasteiger partial charge in [-0.3, -0.25) is 4.79 Å². The number of nitrogens with two attached hydrogens (primary N) is 1. The summed E-state index contributed by atoms with van der Waals surface area (Å²) in [5.74, 6) is -0.342. The Labute approximate surface area is 143 Å². The molecule has 0 atom stereocenters. The molecule has 0 aliphatic carbocycles. The lowest BCUT2D eigenvalue weighted by Gasteiger charge is -2.30. The molecular formula is C17H27N3O4. The van der Waals surface area contributed by atoms with Gasteiger partial charge < -0.3 is 25.4 Å². The molecule has 1 saturated heterocycles. The lowest BCUT2D eigenvalue weighted by atomic mass is 10.1. The first kappa shape index (κ1) is 19.8. The topological polar surface area (TPSA) is 93.9 Å². The summed E-state index contributed by atoms with van der Waals surface area (Å²) < 4.78 is 9.33. The fourth-order valence-electron chi connectivity index (χ4n) is 2.15. The lowest BCUT2D eigenvalue weighted by Crippen LogP contribution is -2.44. The second kappa shape index (κ2) is 9.12. The number of benzene rings is 1. The third kappa shape index (κ3) is 6.45. The average molecular weight is 337 g/mol. The second-order valence-corrected chi connectivity index (χ2v) is 6.33. The molecule has 1 aliphatic heterocycles. The molecule has 1 fully saturated rings. The minimum Gasteiger partial charge on any atom is -0.465 e. The number of esters is 1. The van der Waals surface area contributed by atoms with Crippen molar-refractivity contribution < 1.29 is 19.1 Å². The highest BCUT2D eigenvalue weighted by Crippen LogP contribution is 2.24. The molecule has 0 bridgehead atoms. The van der Waals surface area contributed by atoms with Crippen LogP contribution in [0.2, 0.25) is 0 Å². The van der Waals surface area contributed by atoms with Crippen molar-refractivity contribution in [2.45, 2.75) is 26.4 Å². The first-order valence-electron chi connectivity index (χ1n) is 7.83. The Morgan fingerprint density at radius 2 is 1.92 bits per heavy atom. The van der Waals surface area contributed by atoms with Gasteiger partial charge in [-0.2, -0.15) is 0 Å². The maximum Gasteiger partial charge on any atom is 0.340 e. The number of hydrogen-bond acceptors (Lipinski definition) is 7. The van der Waals surface area contributed by atoms with Crippen molar-refractivity contribution in [3.63, 3.8) is 0 Å². The van der Waals surface area contributed by atoms with Crippen molar-refractivity contribution in [3.8, 4) is 0 Å². The molecular weight excluding hydrogens is 310 g/mol. The van der Waals surface area contributed by atoms with Gasteiger partial charge in [0.15, 0.2) is 0 Å². The largest absolute Gasteiger partial charge is 0.465 e. The Bertz CT molecular complexity index is 549. The lowest BCUT2D eigenvalue weighted by molar-refractivity contribution is -0.138. The Balaban J connectivity index is 0.000000351. The SMILES string of the molecule is CC(C)(C)OC=O.COC(=O)c1cc(N)ccc1N1CCNCC1. The quantitative estimate of drug-likeness (QED) is 0.489. The number of nitrogens with one attached hydrogen (secondary N) is 1. The van der Waals surface area contributed by atoms with Crippen LogP contribution in [-0.4, -0.2) is 51.3 Å². The summed E-state index contributed by atoms with van der Waals surface area (Å²) in [7, 11) is 1.38. The molecule has 1 aromatic rings. The summed E-state index contributed by atoms with van der Waals surface area (Å²) in [6, 6.07) is 5.36. The fraction of sp³-hybridized carbons (Fsp3) is 0.529. The van der Waals surface area contributed by atoms with E-state index in [9.17, 15) is 9.59 Å². The molecule has 0 unspecified atom stereocenters. The summed E-state index contributed by atoms with van der Waals surface area (Å²) in [4.78, 5) is 23.5. The van der Waals surface area contributed by atoms with E-state index in [-0.39, 0.29) is 11.6 Å². The fourth-order valence-corrected chi connectivity index (χ4v) is 2.15. The van der Waals surface area contributed by atoms with E-state index >= 15 is 0 Å². The molecule has 1 aliphatic rings. The highest BCUT2D eigenvalue weighted by molar-refractivity contribution is 5.97. The van der Waals surface area contributed by atoms with Crippen molar-refractivity contribution in [2.75, 3.05) is 43.9 Å². The van der Waals surface area contributed by atoms with Crippen LogP contribution in [0, 0.1) is 0 Å². The van der Waals surface area contributed by atoms with Gasteiger partial charge in [-0.25, -0.2) is 4.79 Å². The summed E-state index contributed by atoms with van der Waals surface area (Å²) in [5.41, 5.74) is 7.40. The van der Waals surface area contributed by atoms with E-state index in [4.69, 9.17) is 10.5 Å². The summed E-state index contributed by atoms with van der Waals surface area (Å²) >= 11 is 0. The highest BCUT2D eigenvalue weighted by atomic mass is 16.5. The minimum atomic E-state index is -0.342. The third-order valence-corrected chi connectivity index (χ3v) is 3.29. The van der Waals surface area contributed by atoms with E-state index in [2.05, 4.69) is 15.0 Å². The minimum absolute atomic E-state index is 0.318. The van der Waals surface area contributed by atoms with Crippen LogP contribution in [0.5, 0.6) is 0 Å². The van der Waals surface area contributed by atoms with Crippen LogP contribution in [-0.2, 0) is 14.3 Å². The van der Waals surface area contributed by atoms with Crippen molar-refractivity contribution in [3.05, 3.63) is 23.8 Å². The number of nitrogen functional groups attached to an aromatic ring is 1. The van der Waals surface area contributed by atoms with E-state index in [1.54, 1.807) is 6.07 Å². The van der Waals surface area contributed by atoms with Crippen LogP contribution in [0.4, 0.5) is 11.4 Å². The molecule has 0 aromatic heterocycles. The molecule has 3 N–H and O–H groups in total. The van der Waals surface area contributed by atoms with E-state index in [0.29, 0.717) is 17.7 Å². The third-order valence-electron chi connectivity index (χ3n) is 3.29. The van der Waals surface area contributed by atoms with Gasteiger partial charge in [-0.1, -0.05) is 0 Å². The summed E-state index contributed by atoms with van der Waals surface area (Å²) in [6.07, 6.45) is 0. The number of anilines is 2. The summed E-state index contributed by atoms with van der Waals surface area (Å²) in [6.45, 7) is 9.53. The molecule has 7 heteroatoms. The standard InChI is InChI=1S/C12H17N3O2.C5H10O2/c1-17-12(16)10-8-9(13)2-3-11(10)15-6-4-14-5-7-15;1-5(2,3)7-4-6/h2-3,8,14H,4-7,13H2,1H3;4H,1-3H3. The molecule has 134 valence electrons. The predicted molar refractivity (Wildman–Crippen MR) is 94.2 cm³/mol. The number of nitrogens with zero attached hydrogens (tertiary/aromatic N) is 1. The van der Waals surface area contributed by atoms with Crippen molar-refractivity contribution >= 4 is 23.8 Å². The molecule has 2 rings (SSSR count). The van der Waals surface area contributed by atoms with Crippen LogP contribution >= 0.6 is 0 Å². The van der Waals surface area contributed by atoms with Crippen LogP contribution in [0.1, 0.15) is 31.1 Å². The van der Waals surface area contributed by atoms with E-state index in [1.807, 2.05) is 32.9 Å². The van der Waals surface area contributed by atoms with E-state index < -0.39 is 0 Å². The Morgan fingerprint density at radius 1 is 1.29 bits per heavy atom. The maximum atomic E-state index is 11.7. The van der Waals surface area contributed by atoms with Crippen LogP contribution in [0.3, 0.4) is 0 Å². The number of piperazine rings is 1. The molecule has 24 heavy (non-hydrogen) atoms. The highest BCUT2D eigenvalue weighted by Gasteiger charge is 2.18. The zero-order chi connectivity index (χ0) is 18.2. The molecule has 1 aromatic carbocycles. The molecule has 0 amide bonds. The Hall–Kier alpha value is -2.28. The van der Waals surface area contributed by atoms with Crippen LogP contribution in [0.15, 0.2) is 18.2 Å². The zero-order valence-electron chi connectivity index (χ0n) is 14.8. The van der Waals surface area contributed by atoms with Crippen LogP contribution < -0.4 is 16.0 Å². The van der Waals surface area contributed by atoms with Crippen molar-refractivity contribution in [1.82, 2.24) is 5.32 Å². The van der Waals surface area contributed by atoms with Gasteiger partial charge in [0.1, 0.15) is 5.60 Å². The van der Waals surface area contributed by atoms with Gasteiger partial charge >= 0.3 is 5.97 Å². The van der Waals surface area contributed by atoms with Gasteiger partial charge in [-0.05, 0) is 39.0 Å². The molecule has 7 nitrogen and oxygen atoms in total. The van der Waals surface area contributed by atoms with Crippen molar-refractivity contribution in [2.24, 2.45) is 0 Å². The van der Waals surface area contributed by atoms with Crippen molar-refractivity contribution in [1.29, 1.82) is 0 Å². The summed E-state index contributed by atoms with van der Waals surface area (Å²) in [5, 5.41) is 3.28. The van der Waals surface area contributed by atoms with E-state index in [0.717, 1.165) is 31.9 Å². The normalized spacial score (nSPS) is 14.2.